The Morgan fingerprint density at radius 3 is 2.56 bits per heavy atom. The maximum Gasteiger partial charge on any atom is 0.254 e. The Balaban J connectivity index is 1.20. The molecular formula is C28H32N4O2. The van der Waals surface area contributed by atoms with Gasteiger partial charge in [0.25, 0.3) is 5.91 Å². The normalized spacial score (nSPS) is 16.9. The molecule has 2 aliphatic rings. The fraction of sp³-hybridized carbons (Fsp3) is 0.393. The van der Waals surface area contributed by atoms with Gasteiger partial charge >= 0.3 is 0 Å². The summed E-state index contributed by atoms with van der Waals surface area (Å²) < 4.78 is 2.08. The first-order chi connectivity index (χ1) is 16.6. The van der Waals surface area contributed by atoms with Crippen molar-refractivity contribution in [3.63, 3.8) is 0 Å². The quantitative estimate of drug-likeness (QED) is 0.536. The van der Waals surface area contributed by atoms with Crippen molar-refractivity contribution in [3.05, 3.63) is 78.1 Å². The minimum Gasteiger partial charge on any atom is -0.354 e. The fourth-order valence-corrected chi connectivity index (χ4v) is 5.60. The smallest absolute Gasteiger partial charge is 0.254 e. The molecule has 0 atom stereocenters. The van der Waals surface area contributed by atoms with Gasteiger partial charge in [0.2, 0.25) is 5.91 Å². The van der Waals surface area contributed by atoms with Crippen LogP contribution in [-0.2, 0) is 17.9 Å². The monoisotopic (exact) mass is 456 g/mol. The molecule has 0 spiro atoms. The third-order valence-electron chi connectivity index (χ3n) is 7.29. The van der Waals surface area contributed by atoms with Gasteiger partial charge in [0.05, 0.1) is 0 Å². The van der Waals surface area contributed by atoms with Crippen molar-refractivity contribution in [1.82, 2.24) is 19.8 Å². The van der Waals surface area contributed by atoms with Crippen LogP contribution in [0, 0.1) is 5.41 Å². The lowest BCUT2D eigenvalue weighted by molar-refractivity contribution is -0.124. The molecule has 1 aliphatic heterocycles. The highest BCUT2D eigenvalue weighted by atomic mass is 16.2. The van der Waals surface area contributed by atoms with Gasteiger partial charge in [0.1, 0.15) is 5.82 Å². The molecular weight excluding hydrogens is 424 g/mol. The lowest BCUT2D eigenvalue weighted by Gasteiger charge is -2.39. The van der Waals surface area contributed by atoms with Crippen LogP contribution < -0.4 is 5.32 Å². The standard InChI is InChI=1S/C28H32N4O2/c33-25(29-15-17-31-18-16-30-26(31)22-9-3-1-4-10-22)19-28(13-7-2-8-14-28)21-32-20-23-11-5-6-12-24(23)27(32)34/h1,3-6,9-12,16,18H,2,7-8,13-15,17,19-21H2,(H,29,33). The highest BCUT2D eigenvalue weighted by Gasteiger charge is 2.39. The molecule has 0 bridgehead atoms. The van der Waals surface area contributed by atoms with E-state index in [-0.39, 0.29) is 17.2 Å². The van der Waals surface area contributed by atoms with Gasteiger partial charge in [-0.05, 0) is 29.9 Å². The topological polar surface area (TPSA) is 67.2 Å². The SMILES string of the molecule is O=C(CC1(CN2Cc3ccccc3C2=O)CCCCC1)NCCn1ccnc1-c1ccccc1. The first-order valence-corrected chi connectivity index (χ1v) is 12.3. The molecule has 34 heavy (non-hydrogen) atoms. The van der Waals surface area contributed by atoms with Crippen molar-refractivity contribution >= 4 is 11.8 Å². The van der Waals surface area contributed by atoms with Crippen LogP contribution in [0.1, 0.15) is 54.4 Å². The zero-order valence-corrected chi connectivity index (χ0v) is 19.6. The molecule has 0 unspecified atom stereocenters. The van der Waals surface area contributed by atoms with Crippen LogP contribution >= 0.6 is 0 Å². The van der Waals surface area contributed by atoms with E-state index in [0.717, 1.165) is 48.2 Å². The van der Waals surface area contributed by atoms with E-state index in [1.54, 1.807) is 6.20 Å². The van der Waals surface area contributed by atoms with Crippen LogP contribution in [0.5, 0.6) is 0 Å². The molecule has 176 valence electrons. The number of amides is 2. The minimum absolute atomic E-state index is 0.0763. The molecule has 1 aliphatic carbocycles. The molecule has 2 heterocycles. The number of rotatable bonds is 8. The van der Waals surface area contributed by atoms with Gasteiger partial charge in [0.15, 0.2) is 0 Å². The number of benzene rings is 2. The maximum absolute atomic E-state index is 13.0. The number of imidazole rings is 1. The van der Waals surface area contributed by atoms with E-state index < -0.39 is 0 Å². The van der Waals surface area contributed by atoms with Crippen molar-refractivity contribution in [2.24, 2.45) is 5.41 Å². The van der Waals surface area contributed by atoms with Crippen LogP contribution in [-0.4, -0.2) is 39.4 Å². The Morgan fingerprint density at radius 2 is 1.76 bits per heavy atom. The summed E-state index contributed by atoms with van der Waals surface area (Å²) in [5, 5.41) is 3.13. The number of nitrogens with zero attached hydrogens (tertiary/aromatic N) is 3. The van der Waals surface area contributed by atoms with Crippen molar-refractivity contribution in [3.8, 4) is 11.4 Å². The first-order valence-electron chi connectivity index (χ1n) is 12.3. The maximum atomic E-state index is 13.0. The van der Waals surface area contributed by atoms with E-state index in [2.05, 4.69) is 14.9 Å². The second-order valence-corrected chi connectivity index (χ2v) is 9.72. The molecule has 5 rings (SSSR count). The Bertz CT molecular complexity index is 1150. The zero-order valence-electron chi connectivity index (χ0n) is 19.6. The molecule has 6 heteroatoms. The molecule has 0 saturated heterocycles. The van der Waals surface area contributed by atoms with Gasteiger partial charge in [-0.3, -0.25) is 9.59 Å². The first kappa shape index (κ1) is 22.4. The van der Waals surface area contributed by atoms with Gasteiger partial charge in [-0.1, -0.05) is 67.8 Å². The molecule has 1 aromatic heterocycles. The largest absolute Gasteiger partial charge is 0.354 e. The molecule has 3 aromatic rings. The molecule has 1 fully saturated rings. The van der Waals surface area contributed by atoms with Crippen molar-refractivity contribution in [2.75, 3.05) is 13.1 Å². The van der Waals surface area contributed by atoms with Gasteiger partial charge < -0.3 is 14.8 Å². The van der Waals surface area contributed by atoms with Gasteiger partial charge in [-0.2, -0.15) is 0 Å². The van der Waals surface area contributed by atoms with E-state index in [4.69, 9.17) is 0 Å². The number of hydrogen-bond donors (Lipinski definition) is 1. The Labute approximate surface area is 201 Å². The van der Waals surface area contributed by atoms with Gasteiger partial charge in [-0.15, -0.1) is 0 Å². The fourth-order valence-electron chi connectivity index (χ4n) is 5.60. The van der Waals surface area contributed by atoms with E-state index in [1.807, 2.05) is 65.7 Å². The Kier molecular flexibility index (Phi) is 6.48. The predicted octanol–water partition coefficient (Wildman–Crippen LogP) is 4.66. The third-order valence-corrected chi connectivity index (χ3v) is 7.29. The van der Waals surface area contributed by atoms with E-state index in [1.165, 1.54) is 6.42 Å². The summed E-state index contributed by atoms with van der Waals surface area (Å²) >= 11 is 0. The summed E-state index contributed by atoms with van der Waals surface area (Å²) in [5.74, 6) is 1.09. The summed E-state index contributed by atoms with van der Waals surface area (Å²) in [6, 6.07) is 17.9. The summed E-state index contributed by atoms with van der Waals surface area (Å²) in [4.78, 5) is 32.4. The van der Waals surface area contributed by atoms with Crippen molar-refractivity contribution in [1.29, 1.82) is 0 Å². The van der Waals surface area contributed by atoms with Crippen LogP contribution in [0.3, 0.4) is 0 Å². The second kappa shape index (κ2) is 9.84. The summed E-state index contributed by atoms with van der Waals surface area (Å²) in [5.41, 5.74) is 2.84. The van der Waals surface area contributed by atoms with E-state index >= 15 is 0 Å². The number of aromatic nitrogens is 2. The molecule has 2 aromatic carbocycles. The lowest BCUT2D eigenvalue weighted by Crippen LogP contribution is -2.43. The summed E-state index contributed by atoms with van der Waals surface area (Å²) in [6.07, 6.45) is 9.68. The van der Waals surface area contributed by atoms with Gasteiger partial charge in [-0.25, -0.2) is 4.98 Å². The molecule has 1 N–H and O–H groups in total. The van der Waals surface area contributed by atoms with Crippen LogP contribution in [0.2, 0.25) is 0 Å². The number of carbonyl (C=O) groups excluding carboxylic acids is 2. The van der Waals surface area contributed by atoms with Crippen LogP contribution in [0.25, 0.3) is 11.4 Å². The van der Waals surface area contributed by atoms with Crippen LogP contribution in [0.15, 0.2) is 67.0 Å². The molecule has 0 radical (unpaired) electrons. The highest BCUT2D eigenvalue weighted by molar-refractivity contribution is 5.98. The number of hydrogen-bond acceptors (Lipinski definition) is 3. The Morgan fingerprint density at radius 1 is 1.00 bits per heavy atom. The molecule has 2 amide bonds. The van der Waals surface area contributed by atoms with E-state index in [0.29, 0.717) is 32.6 Å². The van der Waals surface area contributed by atoms with Crippen molar-refractivity contribution < 1.29 is 9.59 Å². The second-order valence-electron chi connectivity index (χ2n) is 9.72. The van der Waals surface area contributed by atoms with Crippen molar-refractivity contribution in [2.45, 2.75) is 51.6 Å². The number of nitrogens with one attached hydrogen (secondary N) is 1. The summed E-state index contributed by atoms with van der Waals surface area (Å²) in [6.45, 7) is 2.54. The minimum atomic E-state index is -0.135. The Hall–Kier alpha value is -3.41. The predicted molar refractivity (Wildman–Crippen MR) is 132 cm³/mol. The van der Waals surface area contributed by atoms with Gasteiger partial charge in [0, 0.05) is 56.1 Å². The molecule has 6 nitrogen and oxygen atoms in total. The average Bonchev–Trinajstić information content (AvgIpc) is 3.45. The van der Waals surface area contributed by atoms with E-state index in [9.17, 15) is 9.59 Å². The number of carbonyl (C=O) groups is 2. The lowest BCUT2D eigenvalue weighted by atomic mass is 9.71. The average molecular weight is 457 g/mol. The van der Waals surface area contributed by atoms with Crippen LogP contribution in [0.4, 0.5) is 0 Å². The molecule has 1 saturated carbocycles. The zero-order chi connectivity index (χ0) is 23.4. The highest BCUT2D eigenvalue weighted by Crippen LogP contribution is 2.41. The summed E-state index contributed by atoms with van der Waals surface area (Å²) in [7, 11) is 0. The number of fused-ring (bicyclic) bond motifs is 1. The third kappa shape index (κ3) is 4.76.